The number of nitrogens with zero attached hydrogens (tertiary/aromatic N) is 2. The van der Waals surface area contributed by atoms with E-state index in [9.17, 15) is 4.79 Å². The van der Waals surface area contributed by atoms with E-state index in [0.717, 1.165) is 0 Å². The Morgan fingerprint density at radius 1 is 1.38 bits per heavy atom. The second-order valence-electron chi connectivity index (χ2n) is 4.60. The van der Waals surface area contributed by atoms with Crippen molar-refractivity contribution < 1.29 is 19.2 Å². The van der Waals surface area contributed by atoms with Gasteiger partial charge in [0.2, 0.25) is 5.91 Å². The van der Waals surface area contributed by atoms with Gasteiger partial charge in [-0.2, -0.15) is 5.10 Å². The lowest BCUT2D eigenvalue weighted by atomic mass is 9.85. The molecule has 1 aliphatic rings. The number of aliphatic hydroxyl groups is 1. The van der Waals surface area contributed by atoms with Crippen molar-refractivity contribution >= 4 is 24.4 Å². The minimum atomic E-state index is -0.649. The van der Waals surface area contributed by atoms with Crippen molar-refractivity contribution in [1.82, 2.24) is 9.78 Å². The van der Waals surface area contributed by atoms with Crippen LogP contribution in [0.25, 0.3) is 0 Å². The zero-order valence-corrected chi connectivity index (χ0v) is 11.4. The maximum atomic E-state index is 11.1. The second-order valence-corrected chi connectivity index (χ2v) is 4.60. The molecule has 108 valence electrons. The average Bonchev–Trinajstić information content (AvgIpc) is 3.02. The van der Waals surface area contributed by atoms with Gasteiger partial charge in [-0.05, 0) is 12.1 Å². The van der Waals surface area contributed by atoms with E-state index in [1.54, 1.807) is 10.7 Å². The largest absolute Gasteiger partial charge is 0.652 e. The lowest BCUT2D eigenvalue weighted by Gasteiger charge is -2.07. The molecule has 1 aromatic heterocycles. The molecule has 3 rings (SSSR count). The number of benzene rings is 1. The highest BCUT2D eigenvalue weighted by Crippen LogP contribution is 2.32. The number of aliphatic hydroxyl groups excluding tert-OH is 1. The number of nitrogens with one attached hydrogen (secondary N) is 1. The fourth-order valence-electron chi connectivity index (χ4n) is 2.16. The summed E-state index contributed by atoms with van der Waals surface area (Å²) in [5, 5.41) is 15.9. The first-order valence-corrected chi connectivity index (χ1v) is 6.56. The number of para-hydroxylation sites is 2. The fraction of sp³-hybridized carbons (Fsp3) is 0.231. The molecule has 1 aromatic carbocycles. The van der Waals surface area contributed by atoms with Crippen molar-refractivity contribution in [2.75, 3.05) is 11.9 Å². The number of carbonyl (C=O) groups is 1. The number of carbonyl (C=O) groups excluding carboxylic acids is 1. The van der Waals surface area contributed by atoms with Gasteiger partial charge in [-0.3, -0.25) is 9.48 Å². The van der Waals surface area contributed by atoms with Gasteiger partial charge in [-0.15, -0.1) is 0 Å². The van der Waals surface area contributed by atoms with Gasteiger partial charge in [0, 0.05) is 13.0 Å². The van der Waals surface area contributed by atoms with Crippen LogP contribution in [0, 0.1) is 0 Å². The van der Waals surface area contributed by atoms with Gasteiger partial charge < -0.3 is 19.7 Å². The predicted molar refractivity (Wildman–Crippen MR) is 76.7 cm³/mol. The number of anilines is 1. The molecule has 8 heteroatoms. The highest BCUT2D eigenvalue weighted by molar-refractivity contribution is 6.63. The molecule has 0 radical (unpaired) electrons. The quantitative estimate of drug-likeness (QED) is 0.773. The van der Waals surface area contributed by atoms with Gasteiger partial charge in [0.1, 0.15) is 17.1 Å². The number of aromatic nitrogens is 2. The zero-order valence-electron chi connectivity index (χ0n) is 11.4. The van der Waals surface area contributed by atoms with Crippen LogP contribution in [-0.2, 0) is 11.3 Å². The molecule has 2 N–H and O–H groups in total. The molecule has 0 saturated heterocycles. The van der Waals surface area contributed by atoms with Crippen LogP contribution in [0.4, 0.5) is 5.82 Å². The van der Waals surface area contributed by atoms with E-state index in [0.29, 0.717) is 22.9 Å². The maximum absolute atomic E-state index is 11.1. The van der Waals surface area contributed by atoms with Crippen LogP contribution in [0.2, 0.25) is 0 Å². The molecule has 0 atom stereocenters. The van der Waals surface area contributed by atoms with Gasteiger partial charge in [-0.1, -0.05) is 12.1 Å². The van der Waals surface area contributed by atoms with E-state index in [4.69, 9.17) is 14.4 Å². The van der Waals surface area contributed by atoms with Crippen LogP contribution < -0.4 is 20.2 Å². The molecule has 0 aliphatic carbocycles. The molecule has 7 nitrogen and oxygen atoms in total. The minimum Gasteiger partial charge on any atom is -0.518 e. The molecule has 0 saturated carbocycles. The first-order chi connectivity index (χ1) is 10.2. The first kappa shape index (κ1) is 13.5. The Hall–Kier alpha value is -2.48. The molecule has 21 heavy (non-hydrogen) atoms. The molecule has 0 fully saturated rings. The summed E-state index contributed by atoms with van der Waals surface area (Å²) in [6, 6.07) is 9.03. The minimum absolute atomic E-state index is 0.0755. The Balaban J connectivity index is 1.88. The molecule has 2 aromatic rings. The van der Waals surface area contributed by atoms with Crippen LogP contribution in [0.3, 0.4) is 0 Å². The smallest absolute Gasteiger partial charge is 0.518 e. The van der Waals surface area contributed by atoms with Crippen molar-refractivity contribution in [3.05, 3.63) is 30.3 Å². The molecule has 2 heterocycles. The Bertz CT molecular complexity index is 648. The summed E-state index contributed by atoms with van der Waals surface area (Å²) < 4.78 is 13.0. The summed E-state index contributed by atoms with van der Waals surface area (Å²) >= 11 is 0. The SMILES string of the molecule is CC(=O)Nc1cc(B2Oc3ccccc3O2)n(CCO)n1. The monoisotopic (exact) mass is 287 g/mol. The topological polar surface area (TPSA) is 85.6 Å². The highest BCUT2D eigenvalue weighted by Gasteiger charge is 2.37. The summed E-state index contributed by atoms with van der Waals surface area (Å²) in [4.78, 5) is 11.1. The van der Waals surface area contributed by atoms with Gasteiger partial charge in [-0.25, -0.2) is 0 Å². The number of hydrogen-bond donors (Lipinski definition) is 2. The number of rotatable bonds is 4. The summed E-state index contributed by atoms with van der Waals surface area (Å²) in [7, 11) is -0.649. The lowest BCUT2D eigenvalue weighted by molar-refractivity contribution is -0.114. The van der Waals surface area contributed by atoms with Gasteiger partial charge >= 0.3 is 7.12 Å². The first-order valence-electron chi connectivity index (χ1n) is 6.56. The summed E-state index contributed by atoms with van der Waals surface area (Å²) in [5.74, 6) is 1.49. The van der Waals surface area contributed by atoms with Gasteiger partial charge in [0.15, 0.2) is 5.82 Å². The third kappa shape index (κ3) is 2.70. The van der Waals surface area contributed by atoms with E-state index >= 15 is 0 Å². The lowest BCUT2D eigenvalue weighted by Crippen LogP contribution is -2.44. The van der Waals surface area contributed by atoms with Crippen LogP contribution in [0.15, 0.2) is 30.3 Å². The fourth-order valence-corrected chi connectivity index (χ4v) is 2.16. The standard InChI is InChI=1S/C13H14BN3O4/c1-9(19)15-13-8-12(17(16-13)6-7-18)14-20-10-4-2-3-5-11(10)21-14/h2-5,8,18H,6-7H2,1H3,(H,15,16,19). The van der Waals surface area contributed by atoms with Crippen LogP contribution in [0.1, 0.15) is 6.92 Å². The molecule has 1 amide bonds. The van der Waals surface area contributed by atoms with Gasteiger partial charge in [0.05, 0.1) is 13.2 Å². The summed E-state index contributed by atoms with van der Waals surface area (Å²) in [5.41, 5.74) is 0.629. The number of hydrogen-bond acceptors (Lipinski definition) is 5. The van der Waals surface area contributed by atoms with E-state index in [2.05, 4.69) is 10.4 Å². The molecule has 1 aliphatic heterocycles. The second kappa shape index (κ2) is 5.49. The van der Waals surface area contributed by atoms with Crippen molar-refractivity contribution in [3.63, 3.8) is 0 Å². The van der Waals surface area contributed by atoms with Gasteiger partial charge in [0.25, 0.3) is 0 Å². The Morgan fingerprint density at radius 2 is 2.05 bits per heavy atom. The molecule has 0 unspecified atom stereocenters. The highest BCUT2D eigenvalue weighted by atomic mass is 16.6. The molecular weight excluding hydrogens is 273 g/mol. The summed E-state index contributed by atoms with van der Waals surface area (Å²) in [6.07, 6.45) is 0. The van der Waals surface area contributed by atoms with Crippen LogP contribution in [-0.4, -0.2) is 34.5 Å². The average molecular weight is 287 g/mol. The van der Waals surface area contributed by atoms with E-state index in [1.807, 2.05) is 24.3 Å². The third-order valence-corrected chi connectivity index (χ3v) is 2.99. The van der Waals surface area contributed by atoms with Crippen molar-refractivity contribution in [2.45, 2.75) is 13.5 Å². The summed E-state index contributed by atoms with van der Waals surface area (Å²) in [6.45, 7) is 1.62. The van der Waals surface area contributed by atoms with E-state index in [1.165, 1.54) is 6.92 Å². The van der Waals surface area contributed by atoms with Crippen molar-refractivity contribution in [2.24, 2.45) is 0 Å². The third-order valence-electron chi connectivity index (χ3n) is 2.99. The van der Waals surface area contributed by atoms with Crippen LogP contribution >= 0.6 is 0 Å². The van der Waals surface area contributed by atoms with Crippen LogP contribution in [0.5, 0.6) is 11.5 Å². The Kier molecular flexibility index (Phi) is 3.53. The predicted octanol–water partition coefficient (Wildman–Crippen LogP) is 0.000400. The zero-order chi connectivity index (χ0) is 14.8. The van der Waals surface area contributed by atoms with Crippen molar-refractivity contribution in [3.8, 4) is 11.5 Å². The normalized spacial score (nSPS) is 12.6. The number of fused-ring (bicyclic) bond motifs is 1. The molecule has 0 spiro atoms. The molecular formula is C13H14BN3O4. The van der Waals surface area contributed by atoms with E-state index < -0.39 is 7.12 Å². The van der Waals surface area contributed by atoms with Crippen molar-refractivity contribution in [1.29, 1.82) is 0 Å². The Labute approximate surface area is 121 Å². The number of amides is 1. The molecule has 0 bridgehead atoms. The van der Waals surface area contributed by atoms with E-state index in [-0.39, 0.29) is 19.1 Å². The Morgan fingerprint density at radius 3 is 2.62 bits per heavy atom. The maximum Gasteiger partial charge on any atom is 0.652 e.